The Bertz CT molecular complexity index is 543. The van der Waals surface area contributed by atoms with Gasteiger partial charge in [-0.25, -0.2) is 9.78 Å². The molecule has 1 aromatic heterocycles. The van der Waals surface area contributed by atoms with Crippen LogP contribution < -0.4 is 0 Å². The number of hydrogen-bond acceptors (Lipinski definition) is 4. The molecule has 3 rings (SSSR count). The van der Waals surface area contributed by atoms with Crippen molar-refractivity contribution in [3.8, 4) is 0 Å². The first-order valence-corrected chi connectivity index (χ1v) is 5.77. The number of fused-ring (bicyclic) bond motifs is 1. The molecule has 0 spiro atoms. The van der Waals surface area contributed by atoms with Gasteiger partial charge in [0.25, 0.3) is 0 Å². The van der Waals surface area contributed by atoms with Gasteiger partial charge in [0.2, 0.25) is 0 Å². The highest BCUT2D eigenvalue weighted by Gasteiger charge is 2.45. The van der Waals surface area contributed by atoms with Crippen LogP contribution in [0.1, 0.15) is 24.1 Å². The second-order valence-corrected chi connectivity index (χ2v) is 4.69. The Balaban J connectivity index is 1.97. The van der Waals surface area contributed by atoms with Crippen molar-refractivity contribution >= 4 is 11.0 Å². The Kier molecular flexibility index (Phi) is 2.42. The molecule has 0 aliphatic heterocycles. The van der Waals surface area contributed by atoms with Gasteiger partial charge in [-0.2, -0.15) is 0 Å². The highest BCUT2D eigenvalue weighted by Crippen LogP contribution is 2.49. The van der Waals surface area contributed by atoms with Gasteiger partial charge in [-0.3, -0.25) is 0 Å². The molecule has 0 N–H and O–H groups in total. The molecule has 1 heterocycles. The van der Waals surface area contributed by atoms with Crippen LogP contribution in [0.5, 0.6) is 0 Å². The minimum Gasteiger partial charge on any atom is -0.356 e. The molecule has 0 radical (unpaired) electrons. The maximum atomic E-state index is 5.21. The van der Waals surface area contributed by atoms with E-state index in [4.69, 9.17) is 14.3 Å². The molecule has 4 heteroatoms. The molecule has 1 saturated carbocycles. The van der Waals surface area contributed by atoms with Crippen molar-refractivity contribution in [2.45, 2.75) is 25.2 Å². The Labute approximate surface area is 99.4 Å². The molecule has 0 amide bonds. The SMILES string of the molecule is COOCC1(c2ccc3onc(C)c3c2)CC1. The zero-order valence-electron chi connectivity index (χ0n) is 10.0. The van der Waals surface area contributed by atoms with Crippen LogP contribution in [-0.2, 0) is 15.2 Å². The summed E-state index contributed by atoms with van der Waals surface area (Å²) in [5.74, 6) is 0. The predicted octanol–water partition coefficient (Wildman–Crippen LogP) is 2.75. The van der Waals surface area contributed by atoms with Crippen molar-refractivity contribution in [2.24, 2.45) is 0 Å². The number of aryl methyl sites for hydroxylation is 1. The molecule has 0 unspecified atom stereocenters. The van der Waals surface area contributed by atoms with E-state index in [-0.39, 0.29) is 5.41 Å². The standard InChI is InChI=1S/C13H15NO3/c1-9-11-7-10(3-4-12(11)17-14-9)13(5-6-13)8-16-15-2/h3-4,7H,5-6,8H2,1-2H3. The first kappa shape index (κ1) is 10.7. The van der Waals surface area contributed by atoms with Gasteiger partial charge in [0.15, 0.2) is 5.58 Å². The van der Waals surface area contributed by atoms with Crippen molar-refractivity contribution in [1.29, 1.82) is 0 Å². The topological polar surface area (TPSA) is 44.5 Å². The Morgan fingerprint density at radius 1 is 1.41 bits per heavy atom. The highest BCUT2D eigenvalue weighted by molar-refractivity contribution is 5.80. The predicted molar refractivity (Wildman–Crippen MR) is 62.6 cm³/mol. The smallest absolute Gasteiger partial charge is 0.167 e. The molecule has 1 aromatic carbocycles. The average molecular weight is 233 g/mol. The van der Waals surface area contributed by atoms with E-state index in [1.807, 2.05) is 13.0 Å². The van der Waals surface area contributed by atoms with Gasteiger partial charge < -0.3 is 4.52 Å². The number of nitrogens with zero attached hydrogens (tertiary/aromatic N) is 1. The normalized spacial score (nSPS) is 17.5. The van der Waals surface area contributed by atoms with E-state index in [2.05, 4.69) is 17.3 Å². The van der Waals surface area contributed by atoms with E-state index in [0.29, 0.717) is 6.61 Å². The van der Waals surface area contributed by atoms with Crippen LogP contribution in [0.15, 0.2) is 22.7 Å². The monoisotopic (exact) mass is 233 g/mol. The third-order valence-electron chi connectivity index (χ3n) is 3.57. The lowest BCUT2D eigenvalue weighted by Crippen LogP contribution is -2.14. The molecule has 1 fully saturated rings. The molecule has 0 atom stereocenters. The van der Waals surface area contributed by atoms with Crippen molar-refractivity contribution in [3.05, 3.63) is 29.5 Å². The Morgan fingerprint density at radius 3 is 2.94 bits per heavy atom. The van der Waals surface area contributed by atoms with Crippen molar-refractivity contribution in [1.82, 2.24) is 5.16 Å². The molecule has 0 bridgehead atoms. The minimum absolute atomic E-state index is 0.133. The average Bonchev–Trinajstić information content (AvgIpc) is 3.06. The fraction of sp³-hybridized carbons (Fsp3) is 0.462. The summed E-state index contributed by atoms with van der Waals surface area (Å²) in [5.41, 5.74) is 3.20. The number of benzene rings is 1. The molecular formula is C13H15NO3. The Morgan fingerprint density at radius 2 is 2.24 bits per heavy atom. The summed E-state index contributed by atoms with van der Waals surface area (Å²) in [5, 5.41) is 5.06. The maximum absolute atomic E-state index is 5.21. The van der Waals surface area contributed by atoms with Crippen LogP contribution in [0, 0.1) is 6.92 Å². The van der Waals surface area contributed by atoms with Crippen molar-refractivity contribution < 1.29 is 14.3 Å². The second kappa shape index (κ2) is 3.82. The van der Waals surface area contributed by atoms with Crippen molar-refractivity contribution in [3.63, 3.8) is 0 Å². The zero-order valence-corrected chi connectivity index (χ0v) is 10.0. The third-order valence-corrected chi connectivity index (χ3v) is 3.57. The van der Waals surface area contributed by atoms with Gasteiger partial charge in [0, 0.05) is 10.8 Å². The van der Waals surface area contributed by atoms with E-state index < -0.39 is 0 Å². The van der Waals surface area contributed by atoms with Crippen molar-refractivity contribution in [2.75, 3.05) is 13.7 Å². The van der Waals surface area contributed by atoms with Crippen LogP contribution in [0.3, 0.4) is 0 Å². The Hall–Kier alpha value is -1.39. The maximum Gasteiger partial charge on any atom is 0.167 e. The first-order valence-electron chi connectivity index (χ1n) is 5.77. The largest absolute Gasteiger partial charge is 0.356 e. The van der Waals surface area contributed by atoms with Gasteiger partial charge in [0.1, 0.15) is 0 Å². The summed E-state index contributed by atoms with van der Waals surface area (Å²) >= 11 is 0. The van der Waals surface area contributed by atoms with E-state index in [0.717, 1.165) is 29.5 Å². The van der Waals surface area contributed by atoms with E-state index in [9.17, 15) is 0 Å². The van der Waals surface area contributed by atoms with Crippen LogP contribution in [0.4, 0.5) is 0 Å². The van der Waals surface area contributed by atoms with Crippen LogP contribution in [-0.4, -0.2) is 18.9 Å². The molecule has 90 valence electrons. The van der Waals surface area contributed by atoms with Crippen LogP contribution in [0.25, 0.3) is 11.0 Å². The fourth-order valence-electron chi connectivity index (χ4n) is 2.23. The van der Waals surface area contributed by atoms with Crippen LogP contribution >= 0.6 is 0 Å². The lowest BCUT2D eigenvalue weighted by atomic mass is 9.95. The fourth-order valence-corrected chi connectivity index (χ4v) is 2.23. The van der Waals surface area contributed by atoms with Gasteiger partial charge in [-0.1, -0.05) is 11.2 Å². The van der Waals surface area contributed by atoms with Gasteiger partial charge in [-0.05, 0) is 37.5 Å². The summed E-state index contributed by atoms with van der Waals surface area (Å²) in [6.07, 6.45) is 2.29. The molecule has 1 aliphatic rings. The number of rotatable bonds is 4. The summed E-state index contributed by atoms with van der Waals surface area (Å²) < 4.78 is 5.21. The third kappa shape index (κ3) is 1.73. The molecule has 17 heavy (non-hydrogen) atoms. The molecule has 1 aliphatic carbocycles. The van der Waals surface area contributed by atoms with Crippen LogP contribution in [0.2, 0.25) is 0 Å². The summed E-state index contributed by atoms with van der Waals surface area (Å²) in [7, 11) is 1.55. The first-order chi connectivity index (χ1) is 8.25. The quantitative estimate of drug-likeness (QED) is 0.601. The minimum atomic E-state index is 0.133. The molecule has 0 saturated heterocycles. The zero-order chi connectivity index (χ0) is 11.9. The lowest BCUT2D eigenvalue weighted by molar-refractivity contribution is -0.277. The summed E-state index contributed by atoms with van der Waals surface area (Å²) in [6.45, 7) is 2.57. The highest BCUT2D eigenvalue weighted by atomic mass is 17.2. The van der Waals surface area contributed by atoms with Gasteiger partial charge in [-0.15, -0.1) is 0 Å². The number of aromatic nitrogens is 1. The van der Waals surface area contributed by atoms with Gasteiger partial charge >= 0.3 is 0 Å². The van der Waals surface area contributed by atoms with E-state index >= 15 is 0 Å². The van der Waals surface area contributed by atoms with E-state index in [1.54, 1.807) is 7.11 Å². The van der Waals surface area contributed by atoms with Gasteiger partial charge in [0.05, 0.1) is 19.4 Å². The molecule has 2 aromatic rings. The molecular weight excluding hydrogens is 218 g/mol. The lowest BCUT2D eigenvalue weighted by Gasteiger charge is -2.14. The molecule has 4 nitrogen and oxygen atoms in total. The summed E-state index contributed by atoms with van der Waals surface area (Å²) in [4.78, 5) is 9.80. The second-order valence-electron chi connectivity index (χ2n) is 4.69. The summed E-state index contributed by atoms with van der Waals surface area (Å²) in [6, 6.07) is 6.24. The number of hydrogen-bond donors (Lipinski definition) is 0. The van der Waals surface area contributed by atoms with E-state index in [1.165, 1.54) is 5.56 Å².